The lowest BCUT2D eigenvalue weighted by atomic mass is 10.1. The Morgan fingerprint density at radius 3 is 2.54 bits per heavy atom. The number of para-hydroxylation sites is 2. The molecule has 3 aromatic rings. The fourth-order valence-electron chi connectivity index (χ4n) is 2.80. The van der Waals surface area contributed by atoms with Gasteiger partial charge in [-0.25, -0.2) is 4.98 Å². The van der Waals surface area contributed by atoms with Crippen molar-refractivity contribution < 1.29 is 9.53 Å². The van der Waals surface area contributed by atoms with Gasteiger partial charge in [0.2, 0.25) is 5.91 Å². The number of imidazole rings is 1. The number of nitrogens with zero attached hydrogens (tertiary/aromatic N) is 2. The lowest BCUT2D eigenvalue weighted by molar-refractivity contribution is -0.119. The van der Waals surface area contributed by atoms with E-state index in [4.69, 9.17) is 9.72 Å². The van der Waals surface area contributed by atoms with Gasteiger partial charge in [-0.05, 0) is 56.2 Å². The number of ether oxygens (including phenoxy) is 1. The van der Waals surface area contributed by atoms with Gasteiger partial charge < -0.3 is 10.1 Å². The highest BCUT2D eigenvalue weighted by Crippen LogP contribution is 2.28. The van der Waals surface area contributed by atoms with Gasteiger partial charge in [-0.3, -0.25) is 9.36 Å². The molecule has 0 fully saturated rings. The number of amides is 1. The Balaban J connectivity index is 1.86. The van der Waals surface area contributed by atoms with Crippen molar-refractivity contribution in [2.75, 3.05) is 12.4 Å². The highest BCUT2D eigenvalue weighted by molar-refractivity contribution is 7.99. The molecule has 0 saturated carbocycles. The van der Waals surface area contributed by atoms with E-state index in [0.717, 1.165) is 27.6 Å². The Bertz CT molecular complexity index is 935. The predicted molar refractivity (Wildman–Crippen MR) is 115 cm³/mol. The number of benzene rings is 2. The minimum Gasteiger partial charge on any atom is -0.494 e. The molecule has 0 aliphatic heterocycles. The maximum atomic E-state index is 12.3. The first kappa shape index (κ1) is 20.3. The molecule has 0 bridgehead atoms. The maximum Gasteiger partial charge on any atom is 0.230 e. The second-order valence-electron chi connectivity index (χ2n) is 7.03. The normalized spacial score (nSPS) is 12.3. The van der Waals surface area contributed by atoms with Crippen LogP contribution in [0.25, 0.3) is 16.7 Å². The van der Waals surface area contributed by atoms with Crippen LogP contribution in [0.2, 0.25) is 0 Å². The minimum absolute atomic E-state index is 0.0245. The quantitative estimate of drug-likeness (QED) is 0.561. The van der Waals surface area contributed by atoms with Gasteiger partial charge in [0.25, 0.3) is 0 Å². The number of thioether (sulfide) groups is 1. The molecule has 148 valence electrons. The van der Waals surface area contributed by atoms with Gasteiger partial charge >= 0.3 is 0 Å². The molecule has 0 aliphatic carbocycles. The van der Waals surface area contributed by atoms with Crippen LogP contribution < -0.4 is 10.1 Å². The molecule has 6 heteroatoms. The molecule has 1 heterocycles. The molecular formula is C22H27N3O2S. The van der Waals surface area contributed by atoms with Crippen molar-refractivity contribution in [2.24, 2.45) is 5.92 Å². The van der Waals surface area contributed by atoms with Crippen LogP contribution in [-0.4, -0.2) is 33.9 Å². The molecule has 0 saturated heterocycles. The predicted octanol–water partition coefficient (Wildman–Crippen LogP) is 4.68. The van der Waals surface area contributed by atoms with E-state index in [1.165, 1.54) is 11.8 Å². The topological polar surface area (TPSA) is 56.1 Å². The van der Waals surface area contributed by atoms with E-state index in [1.807, 2.05) is 62.4 Å². The number of carbonyl (C=O) groups is 1. The first-order chi connectivity index (χ1) is 13.5. The zero-order valence-electron chi connectivity index (χ0n) is 16.8. The van der Waals surface area contributed by atoms with Crippen LogP contribution in [0.1, 0.15) is 27.7 Å². The van der Waals surface area contributed by atoms with Gasteiger partial charge in [-0.15, -0.1) is 0 Å². The van der Waals surface area contributed by atoms with E-state index in [2.05, 4.69) is 23.7 Å². The molecule has 1 amide bonds. The van der Waals surface area contributed by atoms with Crippen molar-refractivity contribution in [3.05, 3.63) is 48.5 Å². The van der Waals surface area contributed by atoms with Crippen molar-refractivity contribution in [2.45, 2.75) is 38.9 Å². The van der Waals surface area contributed by atoms with Crippen molar-refractivity contribution >= 4 is 28.7 Å². The lowest BCUT2D eigenvalue weighted by Crippen LogP contribution is -2.37. The van der Waals surface area contributed by atoms with Crippen LogP contribution in [0.5, 0.6) is 5.75 Å². The summed E-state index contributed by atoms with van der Waals surface area (Å²) in [6, 6.07) is 16.1. The van der Waals surface area contributed by atoms with Gasteiger partial charge in [0.05, 0.1) is 23.4 Å². The number of nitrogens with one attached hydrogen (secondary N) is 1. The third-order valence-electron chi connectivity index (χ3n) is 4.66. The lowest BCUT2D eigenvalue weighted by Gasteiger charge is -2.17. The summed E-state index contributed by atoms with van der Waals surface area (Å²) < 4.78 is 7.64. The minimum atomic E-state index is 0.0245. The fourth-order valence-corrected chi connectivity index (χ4v) is 3.64. The average molecular weight is 398 g/mol. The summed E-state index contributed by atoms with van der Waals surface area (Å²) in [6.45, 7) is 8.84. The van der Waals surface area contributed by atoms with Gasteiger partial charge in [0.15, 0.2) is 5.16 Å². The number of fused-ring (bicyclic) bond motifs is 1. The molecule has 2 aromatic carbocycles. The van der Waals surface area contributed by atoms with Gasteiger partial charge in [0, 0.05) is 11.7 Å². The summed E-state index contributed by atoms with van der Waals surface area (Å²) in [7, 11) is 0. The van der Waals surface area contributed by atoms with E-state index in [1.54, 1.807) is 0 Å². The molecule has 1 atom stereocenters. The summed E-state index contributed by atoms with van der Waals surface area (Å²) in [4.78, 5) is 17.1. The summed E-state index contributed by atoms with van der Waals surface area (Å²) in [6.07, 6.45) is 0. The van der Waals surface area contributed by atoms with Crippen LogP contribution in [0.3, 0.4) is 0 Å². The zero-order chi connectivity index (χ0) is 20.1. The largest absolute Gasteiger partial charge is 0.494 e. The summed E-state index contributed by atoms with van der Waals surface area (Å²) >= 11 is 1.45. The van der Waals surface area contributed by atoms with Crippen molar-refractivity contribution in [1.82, 2.24) is 14.9 Å². The van der Waals surface area contributed by atoms with Crippen LogP contribution in [0.15, 0.2) is 53.7 Å². The Labute approximate surface area is 170 Å². The van der Waals surface area contributed by atoms with E-state index in [0.29, 0.717) is 18.3 Å². The van der Waals surface area contributed by atoms with Crippen molar-refractivity contribution in [3.8, 4) is 11.4 Å². The van der Waals surface area contributed by atoms with Crippen LogP contribution >= 0.6 is 11.8 Å². The average Bonchev–Trinajstić information content (AvgIpc) is 3.05. The molecule has 0 unspecified atom stereocenters. The van der Waals surface area contributed by atoms with E-state index < -0.39 is 0 Å². The maximum absolute atomic E-state index is 12.3. The molecule has 1 N–H and O–H groups in total. The third kappa shape index (κ3) is 4.68. The molecule has 1 aromatic heterocycles. The smallest absolute Gasteiger partial charge is 0.230 e. The molecule has 3 rings (SSSR count). The zero-order valence-corrected chi connectivity index (χ0v) is 17.6. The Hall–Kier alpha value is -2.47. The van der Waals surface area contributed by atoms with Gasteiger partial charge in [0.1, 0.15) is 5.75 Å². The molecule has 28 heavy (non-hydrogen) atoms. The van der Waals surface area contributed by atoms with Crippen LogP contribution in [0.4, 0.5) is 0 Å². The third-order valence-corrected chi connectivity index (χ3v) is 5.60. The van der Waals surface area contributed by atoms with Crippen molar-refractivity contribution in [1.29, 1.82) is 0 Å². The highest BCUT2D eigenvalue weighted by atomic mass is 32.2. The molecule has 0 aliphatic rings. The molecule has 5 nitrogen and oxygen atoms in total. The standard InChI is InChI=1S/C22H27N3O2S/c1-5-27-18-12-10-17(11-13-18)25-20-9-7-6-8-19(20)24-22(25)28-14-21(26)23-16(4)15(2)3/h6-13,15-16H,5,14H2,1-4H3,(H,23,26)/t16-/m0/s1. The molecular weight excluding hydrogens is 370 g/mol. The number of aromatic nitrogens is 2. The van der Waals surface area contributed by atoms with E-state index in [-0.39, 0.29) is 11.9 Å². The number of rotatable bonds is 8. The Kier molecular flexibility index (Phi) is 6.62. The Morgan fingerprint density at radius 2 is 1.86 bits per heavy atom. The SMILES string of the molecule is CCOc1ccc(-n2c(SCC(=O)N[C@@H](C)C(C)C)nc3ccccc32)cc1. The summed E-state index contributed by atoms with van der Waals surface area (Å²) in [5, 5.41) is 3.85. The highest BCUT2D eigenvalue weighted by Gasteiger charge is 2.16. The number of hydrogen-bond donors (Lipinski definition) is 1. The fraction of sp³-hybridized carbons (Fsp3) is 0.364. The van der Waals surface area contributed by atoms with Crippen LogP contribution in [-0.2, 0) is 4.79 Å². The molecule has 0 radical (unpaired) electrons. The van der Waals surface area contributed by atoms with Crippen molar-refractivity contribution in [3.63, 3.8) is 0 Å². The van der Waals surface area contributed by atoms with Crippen LogP contribution in [0, 0.1) is 5.92 Å². The van der Waals surface area contributed by atoms with Gasteiger partial charge in [-0.2, -0.15) is 0 Å². The monoisotopic (exact) mass is 397 g/mol. The first-order valence-corrected chi connectivity index (χ1v) is 10.6. The second-order valence-corrected chi connectivity index (χ2v) is 7.98. The number of hydrogen-bond acceptors (Lipinski definition) is 4. The van der Waals surface area contributed by atoms with Gasteiger partial charge in [-0.1, -0.05) is 37.7 Å². The first-order valence-electron chi connectivity index (χ1n) is 9.62. The summed E-state index contributed by atoms with van der Waals surface area (Å²) in [5.74, 6) is 1.60. The van der Waals surface area contributed by atoms with E-state index >= 15 is 0 Å². The second kappa shape index (κ2) is 9.15. The molecule has 0 spiro atoms. The van der Waals surface area contributed by atoms with E-state index in [9.17, 15) is 4.79 Å². The summed E-state index contributed by atoms with van der Waals surface area (Å²) in [5.41, 5.74) is 2.93. The Morgan fingerprint density at radius 1 is 1.14 bits per heavy atom. The number of carbonyl (C=O) groups excluding carboxylic acids is 1.